The monoisotopic (exact) mass is 488 g/mol. The molecule has 9 heteroatoms. The van der Waals surface area contributed by atoms with Crippen molar-refractivity contribution in [1.82, 2.24) is 14.8 Å². The number of benzene rings is 2. The van der Waals surface area contributed by atoms with E-state index in [-0.39, 0.29) is 11.7 Å². The van der Waals surface area contributed by atoms with Gasteiger partial charge in [-0.1, -0.05) is 55.4 Å². The lowest BCUT2D eigenvalue weighted by Crippen LogP contribution is -2.16. The van der Waals surface area contributed by atoms with Crippen molar-refractivity contribution in [1.29, 1.82) is 0 Å². The van der Waals surface area contributed by atoms with Gasteiger partial charge >= 0.3 is 0 Å². The number of hydrogen-bond donors (Lipinski definition) is 1. The summed E-state index contributed by atoms with van der Waals surface area (Å²) in [6, 6.07) is 13.1. The quantitative estimate of drug-likeness (QED) is 0.354. The van der Waals surface area contributed by atoms with Gasteiger partial charge in [0.15, 0.2) is 11.0 Å². The molecule has 176 valence electrons. The average molecular weight is 489 g/mol. The van der Waals surface area contributed by atoms with Crippen molar-refractivity contribution in [3.05, 3.63) is 58.9 Å². The van der Waals surface area contributed by atoms with Crippen LogP contribution in [0, 0.1) is 12.8 Å². The van der Waals surface area contributed by atoms with Crippen LogP contribution in [0.4, 0.5) is 5.69 Å². The zero-order chi connectivity index (χ0) is 23.8. The van der Waals surface area contributed by atoms with E-state index < -0.39 is 0 Å². The molecule has 0 fully saturated rings. The lowest BCUT2D eigenvalue weighted by atomic mass is 10.1. The summed E-state index contributed by atoms with van der Waals surface area (Å²) in [4.78, 5) is 12.6. The Morgan fingerprint density at radius 3 is 2.67 bits per heavy atom. The van der Waals surface area contributed by atoms with Crippen molar-refractivity contribution in [2.45, 2.75) is 45.5 Å². The molecular formula is C24H29ClN4O3S. The number of methoxy groups -OCH3 is 1. The van der Waals surface area contributed by atoms with Crippen LogP contribution < -0.4 is 14.8 Å². The fourth-order valence-electron chi connectivity index (χ4n) is 3.06. The van der Waals surface area contributed by atoms with E-state index in [0.717, 1.165) is 30.1 Å². The van der Waals surface area contributed by atoms with Gasteiger partial charge in [0, 0.05) is 17.6 Å². The van der Waals surface area contributed by atoms with Gasteiger partial charge in [-0.25, -0.2) is 0 Å². The Hall–Kier alpha value is -2.71. The number of anilines is 1. The Morgan fingerprint density at radius 1 is 1.21 bits per heavy atom. The van der Waals surface area contributed by atoms with E-state index in [2.05, 4.69) is 29.4 Å². The highest BCUT2D eigenvalue weighted by molar-refractivity contribution is 7.99. The van der Waals surface area contributed by atoms with E-state index in [4.69, 9.17) is 21.1 Å². The van der Waals surface area contributed by atoms with Gasteiger partial charge in [-0.3, -0.25) is 4.79 Å². The van der Waals surface area contributed by atoms with Gasteiger partial charge in [-0.15, -0.1) is 10.2 Å². The zero-order valence-electron chi connectivity index (χ0n) is 19.3. The van der Waals surface area contributed by atoms with Crippen LogP contribution in [0.3, 0.4) is 0 Å². The number of amides is 1. The average Bonchev–Trinajstić information content (AvgIpc) is 3.19. The minimum Gasteiger partial charge on any atom is -0.495 e. The maximum Gasteiger partial charge on any atom is 0.234 e. The zero-order valence-corrected chi connectivity index (χ0v) is 20.9. The molecule has 0 saturated heterocycles. The Labute approximate surface area is 203 Å². The molecule has 3 aromatic rings. The van der Waals surface area contributed by atoms with Gasteiger partial charge in [-0.2, -0.15) is 0 Å². The largest absolute Gasteiger partial charge is 0.495 e. The number of nitrogens with zero attached hydrogens (tertiary/aromatic N) is 3. The van der Waals surface area contributed by atoms with E-state index in [9.17, 15) is 4.79 Å². The first-order valence-corrected chi connectivity index (χ1v) is 12.1. The van der Waals surface area contributed by atoms with E-state index in [1.165, 1.54) is 11.8 Å². The van der Waals surface area contributed by atoms with Gasteiger partial charge in [0.25, 0.3) is 0 Å². The highest BCUT2D eigenvalue weighted by Crippen LogP contribution is 2.31. The second kappa shape index (κ2) is 12.0. The lowest BCUT2D eigenvalue weighted by Gasteiger charge is -2.13. The number of halogens is 1. The maximum absolute atomic E-state index is 12.6. The molecule has 33 heavy (non-hydrogen) atoms. The minimum absolute atomic E-state index is 0.166. The van der Waals surface area contributed by atoms with Crippen LogP contribution in [0.1, 0.15) is 31.7 Å². The first kappa shape index (κ1) is 24.9. The second-order valence-corrected chi connectivity index (χ2v) is 9.32. The smallest absolute Gasteiger partial charge is 0.234 e. The van der Waals surface area contributed by atoms with Crippen LogP contribution in [0.5, 0.6) is 11.5 Å². The summed E-state index contributed by atoms with van der Waals surface area (Å²) in [6.45, 7) is 7.29. The number of nitrogens with one attached hydrogen (secondary N) is 1. The van der Waals surface area contributed by atoms with E-state index in [1.807, 2.05) is 41.8 Å². The number of hydrogen-bond acceptors (Lipinski definition) is 6. The summed E-state index contributed by atoms with van der Waals surface area (Å²) in [6.07, 6.45) is 0.970. The molecular weight excluding hydrogens is 460 g/mol. The van der Waals surface area contributed by atoms with Gasteiger partial charge in [-0.05, 0) is 43.0 Å². The maximum atomic E-state index is 12.6. The van der Waals surface area contributed by atoms with Crippen molar-refractivity contribution in [2.75, 3.05) is 18.2 Å². The van der Waals surface area contributed by atoms with Gasteiger partial charge in [0.1, 0.15) is 18.1 Å². The fraction of sp³-hybridized carbons (Fsp3) is 0.375. The third kappa shape index (κ3) is 7.14. The summed E-state index contributed by atoms with van der Waals surface area (Å²) in [5.41, 5.74) is 1.44. The Bertz CT molecular complexity index is 1070. The molecule has 1 amide bonds. The topological polar surface area (TPSA) is 78.3 Å². The molecule has 0 aliphatic rings. The summed E-state index contributed by atoms with van der Waals surface area (Å²) >= 11 is 7.50. The fourth-order valence-corrected chi connectivity index (χ4v) is 3.99. The molecule has 0 spiro atoms. The minimum atomic E-state index is -0.166. The predicted molar refractivity (Wildman–Crippen MR) is 132 cm³/mol. The number of aromatic nitrogens is 3. The summed E-state index contributed by atoms with van der Waals surface area (Å²) in [7, 11) is 1.54. The molecule has 1 heterocycles. The van der Waals surface area contributed by atoms with Crippen LogP contribution in [-0.4, -0.2) is 33.5 Å². The Morgan fingerprint density at radius 2 is 1.97 bits per heavy atom. The SMILES string of the molecule is COc1cc(Cl)c(C)cc1NC(=O)CSc1nnc(COc2ccccc2)n1CCC(C)C. The summed E-state index contributed by atoms with van der Waals surface area (Å²) < 4.78 is 13.2. The van der Waals surface area contributed by atoms with Crippen molar-refractivity contribution in [3.63, 3.8) is 0 Å². The summed E-state index contributed by atoms with van der Waals surface area (Å²) in [5, 5.41) is 12.8. The van der Waals surface area contributed by atoms with Gasteiger partial charge < -0.3 is 19.4 Å². The number of ether oxygens (including phenoxy) is 2. The third-order valence-electron chi connectivity index (χ3n) is 4.92. The third-order valence-corrected chi connectivity index (χ3v) is 6.30. The number of para-hydroxylation sites is 1. The van der Waals surface area contributed by atoms with Gasteiger partial charge in [0.2, 0.25) is 5.91 Å². The molecule has 7 nitrogen and oxygen atoms in total. The molecule has 0 aliphatic heterocycles. The van der Waals surface area contributed by atoms with Crippen LogP contribution in [0.15, 0.2) is 47.6 Å². The molecule has 0 bridgehead atoms. The molecule has 0 aliphatic carbocycles. The highest BCUT2D eigenvalue weighted by atomic mass is 35.5. The van der Waals surface area contributed by atoms with E-state index in [1.54, 1.807) is 19.2 Å². The van der Waals surface area contributed by atoms with E-state index >= 15 is 0 Å². The molecule has 0 saturated carbocycles. The number of carbonyl (C=O) groups is 1. The number of carbonyl (C=O) groups excluding carboxylic acids is 1. The molecule has 1 N–H and O–H groups in total. The number of thioether (sulfide) groups is 1. The van der Waals surface area contributed by atoms with Crippen molar-refractivity contribution in [2.24, 2.45) is 5.92 Å². The molecule has 3 rings (SSSR count). The Kier molecular flexibility index (Phi) is 9.03. The standard InChI is InChI=1S/C24H29ClN4O3S/c1-16(2)10-11-29-22(14-32-18-8-6-5-7-9-18)27-28-24(29)33-15-23(30)26-20-12-17(3)19(25)13-21(20)31-4/h5-9,12-13,16H,10-11,14-15H2,1-4H3,(H,26,30). The molecule has 0 atom stereocenters. The predicted octanol–water partition coefficient (Wildman–Crippen LogP) is 5.60. The van der Waals surface area contributed by atoms with Crippen molar-refractivity contribution < 1.29 is 14.3 Å². The second-order valence-electron chi connectivity index (χ2n) is 7.97. The lowest BCUT2D eigenvalue weighted by molar-refractivity contribution is -0.113. The normalized spacial score (nSPS) is 11.0. The van der Waals surface area contributed by atoms with Crippen molar-refractivity contribution in [3.8, 4) is 11.5 Å². The van der Waals surface area contributed by atoms with Crippen LogP contribution in [-0.2, 0) is 17.9 Å². The van der Waals surface area contributed by atoms with Crippen molar-refractivity contribution >= 4 is 35.0 Å². The first-order valence-electron chi connectivity index (χ1n) is 10.7. The van der Waals surface area contributed by atoms with Crippen LogP contribution in [0.2, 0.25) is 5.02 Å². The van der Waals surface area contributed by atoms with Crippen LogP contribution >= 0.6 is 23.4 Å². The van der Waals surface area contributed by atoms with E-state index in [0.29, 0.717) is 34.1 Å². The molecule has 0 unspecified atom stereocenters. The molecule has 1 aromatic heterocycles. The number of rotatable bonds is 11. The summed E-state index contributed by atoms with van der Waals surface area (Å²) in [5.74, 6) is 2.57. The molecule has 0 radical (unpaired) electrons. The number of aryl methyl sites for hydroxylation is 1. The highest BCUT2D eigenvalue weighted by Gasteiger charge is 2.16. The first-order chi connectivity index (χ1) is 15.9. The molecule has 2 aromatic carbocycles. The van der Waals surface area contributed by atoms with Gasteiger partial charge in [0.05, 0.1) is 18.6 Å². The Balaban J connectivity index is 1.67. The van der Waals surface area contributed by atoms with Crippen LogP contribution in [0.25, 0.3) is 0 Å².